The predicted octanol–water partition coefficient (Wildman–Crippen LogP) is -2.43. The zero-order valence-electron chi connectivity index (χ0n) is 12.2. The van der Waals surface area contributed by atoms with Gasteiger partial charge in [0, 0.05) is 5.92 Å². The van der Waals surface area contributed by atoms with E-state index in [2.05, 4.69) is 5.32 Å². The van der Waals surface area contributed by atoms with Crippen LogP contribution in [0.1, 0.15) is 13.8 Å². The van der Waals surface area contributed by atoms with Gasteiger partial charge < -0.3 is 35.6 Å². The third kappa shape index (κ3) is 4.17. The van der Waals surface area contributed by atoms with E-state index in [-0.39, 0.29) is 0 Å². The lowest BCUT2D eigenvalue weighted by Crippen LogP contribution is -2.60. The summed E-state index contributed by atoms with van der Waals surface area (Å²) in [7, 11) is 0. The number of hydrogen-bond donors (Lipinski definition) is 6. The van der Waals surface area contributed by atoms with Crippen LogP contribution in [-0.2, 0) is 14.3 Å². The fourth-order valence-corrected chi connectivity index (χ4v) is 1.94. The zero-order valence-corrected chi connectivity index (χ0v) is 12.2. The quantitative estimate of drug-likeness (QED) is 0.315. The highest BCUT2D eigenvalue weighted by atomic mass is 16.5. The average Bonchev–Trinajstić information content (AvgIpc) is 2.46. The fourth-order valence-electron chi connectivity index (χ4n) is 1.94. The summed E-state index contributed by atoms with van der Waals surface area (Å²) < 4.78 is 5.06. The van der Waals surface area contributed by atoms with E-state index >= 15 is 0 Å². The van der Waals surface area contributed by atoms with Gasteiger partial charge >= 0.3 is 5.97 Å². The van der Waals surface area contributed by atoms with Crippen LogP contribution in [0.5, 0.6) is 0 Å². The molecule has 22 heavy (non-hydrogen) atoms. The van der Waals surface area contributed by atoms with Gasteiger partial charge in [-0.3, -0.25) is 4.79 Å². The molecular formula is C13H21NO8. The van der Waals surface area contributed by atoms with Crippen molar-refractivity contribution < 1.29 is 39.9 Å². The van der Waals surface area contributed by atoms with Crippen molar-refractivity contribution in [3.8, 4) is 0 Å². The molecule has 126 valence electrons. The molecule has 0 aromatic carbocycles. The average molecular weight is 319 g/mol. The lowest BCUT2D eigenvalue weighted by atomic mass is 9.93. The number of rotatable bonds is 6. The number of amides is 1. The Labute approximate surface area is 126 Å². The van der Waals surface area contributed by atoms with Crippen molar-refractivity contribution in [2.75, 3.05) is 6.61 Å². The van der Waals surface area contributed by atoms with E-state index in [0.717, 1.165) is 6.08 Å². The molecule has 9 nitrogen and oxygen atoms in total. The zero-order chi connectivity index (χ0) is 17.0. The Morgan fingerprint density at radius 3 is 2.41 bits per heavy atom. The number of aliphatic hydroxyl groups is 4. The van der Waals surface area contributed by atoms with Crippen molar-refractivity contribution in [2.45, 2.75) is 44.3 Å². The van der Waals surface area contributed by atoms with Crippen LogP contribution in [0.2, 0.25) is 0 Å². The monoisotopic (exact) mass is 319 g/mol. The highest BCUT2D eigenvalue weighted by Crippen LogP contribution is 2.23. The van der Waals surface area contributed by atoms with E-state index in [1.54, 1.807) is 13.8 Å². The van der Waals surface area contributed by atoms with Gasteiger partial charge in [0.05, 0.1) is 12.6 Å². The summed E-state index contributed by atoms with van der Waals surface area (Å²) in [5, 5.41) is 49.7. The van der Waals surface area contributed by atoms with Crippen LogP contribution < -0.4 is 5.32 Å². The van der Waals surface area contributed by atoms with Gasteiger partial charge in [0.15, 0.2) is 6.10 Å². The van der Waals surface area contributed by atoms with Crippen molar-refractivity contribution in [2.24, 2.45) is 5.92 Å². The minimum atomic E-state index is -1.71. The number of carbonyl (C=O) groups excluding carboxylic acids is 1. The van der Waals surface area contributed by atoms with E-state index in [4.69, 9.17) is 14.9 Å². The van der Waals surface area contributed by atoms with Crippen LogP contribution in [-0.4, -0.2) is 74.5 Å². The summed E-state index contributed by atoms with van der Waals surface area (Å²) in [6, 6.07) is -1.17. The number of carbonyl (C=O) groups is 2. The van der Waals surface area contributed by atoms with E-state index in [1.807, 2.05) is 0 Å². The molecule has 1 amide bonds. The molecule has 0 saturated carbocycles. The lowest BCUT2D eigenvalue weighted by molar-refractivity contribution is -0.150. The second-order valence-corrected chi connectivity index (χ2v) is 5.34. The maximum absolute atomic E-state index is 11.8. The highest BCUT2D eigenvalue weighted by Gasteiger charge is 2.43. The SMILES string of the molecule is CC(C)C(=O)N[C@@H]1[C@@H](O)C=C(C(=O)O)O[C@H]1C(O)C(O)CO. The molecule has 6 N–H and O–H groups in total. The van der Waals surface area contributed by atoms with Crippen LogP contribution in [0.3, 0.4) is 0 Å². The van der Waals surface area contributed by atoms with Crippen LogP contribution in [0.15, 0.2) is 11.8 Å². The molecule has 0 bridgehead atoms. The number of hydrogen-bond acceptors (Lipinski definition) is 7. The normalized spacial score (nSPS) is 27.6. The van der Waals surface area contributed by atoms with Crippen molar-refractivity contribution in [3.63, 3.8) is 0 Å². The standard InChI is InChI=1S/C13H21NO8/c1-5(2)12(19)14-9-6(16)3-8(13(20)21)22-11(9)10(18)7(17)4-15/h3,5-7,9-11,15-18H,4H2,1-2H3,(H,14,19)(H,20,21)/t6-,7?,9+,10?,11+/m0/s1. The first-order valence-corrected chi connectivity index (χ1v) is 6.76. The number of nitrogens with one attached hydrogen (secondary N) is 1. The van der Waals surface area contributed by atoms with E-state index in [0.29, 0.717) is 0 Å². The molecule has 2 unspecified atom stereocenters. The number of aliphatic hydroxyl groups excluding tert-OH is 4. The van der Waals surface area contributed by atoms with Crippen molar-refractivity contribution >= 4 is 11.9 Å². The summed E-state index contributed by atoms with van der Waals surface area (Å²) in [5.74, 6) is -2.95. The van der Waals surface area contributed by atoms with Crippen LogP contribution >= 0.6 is 0 Å². The molecule has 0 aromatic heterocycles. The second-order valence-electron chi connectivity index (χ2n) is 5.34. The second kappa shape index (κ2) is 7.54. The van der Waals surface area contributed by atoms with Gasteiger partial charge in [0.25, 0.3) is 0 Å². The number of aliphatic carboxylic acids is 1. The summed E-state index contributed by atoms with van der Waals surface area (Å²) in [5.41, 5.74) is 0. The Bertz CT molecular complexity index is 449. The first-order valence-electron chi connectivity index (χ1n) is 6.76. The van der Waals surface area contributed by atoms with Gasteiger partial charge in [0.2, 0.25) is 11.7 Å². The highest BCUT2D eigenvalue weighted by molar-refractivity contribution is 5.85. The summed E-state index contributed by atoms with van der Waals surface area (Å²) in [6.07, 6.45) is -5.31. The third-order valence-electron chi connectivity index (χ3n) is 3.27. The minimum absolute atomic E-state index is 0.419. The first-order chi connectivity index (χ1) is 10.2. The van der Waals surface area contributed by atoms with Crippen LogP contribution in [0.4, 0.5) is 0 Å². The Balaban J connectivity index is 3.06. The number of carboxylic acid groups (broad SMARTS) is 1. The molecule has 0 radical (unpaired) electrons. The van der Waals surface area contributed by atoms with Gasteiger partial charge in [-0.25, -0.2) is 4.79 Å². The largest absolute Gasteiger partial charge is 0.478 e. The molecule has 0 aromatic rings. The van der Waals surface area contributed by atoms with Gasteiger partial charge in [-0.15, -0.1) is 0 Å². The molecule has 0 aliphatic carbocycles. The Morgan fingerprint density at radius 2 is 1.95 bits per heavy atom. The minimum Gasteiger partial charge on any atom is -0.478 e. The van der Waals surface area contributed by atoms with E-state index in [1.165, 1.54) is 0 Å². The Hall–Kier alpha value is -1.68. The van der Waals surface area contributed by atoms with Gasteiger partial charge in [-0.2, -0.15) is 0 Å². The predicted molar refractivity (Wildman–Crippen MR) is 72.5 cm³/mol. The molecule has 0 fully saturated rings. The van der Waals surface area contributed by atoms with E-state index < -0.39 is 60.6 Å². The lowest BCUT2D eigenvalue weighted by Gasteiger charge is -2.38. The molecule has 0 saturated heterocycles. The van der Waals surface area contributed by atoms with Crippen molar-refractivity contribution in [1.82, 2.24) is 5.32 Å². The molecule has 1 rings (SSSR count). The topological polar surface area (TPSA) is 157 Å². The molecule has 5 atom stereocenters. The molecular weight excluding hydrogens is 298 g/mol. The van der Waals surface area contributed by atoms with E-state index in [9.17, 15) is 24.9 Å². The number of ether oxygens (including phenoxy) is 1. The molecule has 1 aliphatic heterocycles. The summed E-state index contributed by atoms with van der Waals surface area (Å²) in [4.78, 5) is 22.7. The van der Waals surface area contributed by atoms with Gasteiger partial charge in [-0.05, 0) is 6.08 Å². The molecule has 1 heterocycles. The first kappa shape index (κ1) is 18.4. The van der Waals surface area contributed by atoms with Gasteiger partial charge in [0.1, 0.15) is 18.3 Å². The fraction of sp³-hybridized carbons (Fsp3) is 0.692. The maximum atomic E-state index is 11.8. The third-order valence-corrected chi connectivity index (χ3v) is 3.27. The van der Waals surface area contributed by atoms with Crippen LogP contribution in [0, 0.1) is 5.92 Å². The van der Waals surface area contributed by atoms with Crippen LogP contribution in [0.25, 0.3) is 0 Å². The summed E-state index contributed by atoms with van der Waals surface area (Å²) >= 11 is 0. The molecule has 0 spiro atoms. The number of carboxylic acids is 1. The van der Waals surface area contributed by atoms with Gasteiger partial charge in [-0.1, -0.05) is 13.8 Å². The molecule has 1 aliphatic rings. The maximum Gasteiger partial charge on any atom is 0.370 e. The molecule has 9 heteroatoms. The Kier molecular flexibility index (Phi) is 6.30. The summed E-state index contributed by atoms with van der Waals surface area (Å²) in [6.45, 7) is 2.42. The van der Waals surface area contributed by atoms with Crippen molar-refractivity contribution in [1.29, 1.82) is 0 Å². The Morgan fingerprint density at radius 1 is 1.36 bits per heavy atom. The van der Waals surface area contributed by atoms with Crippen molar-refractivity contribution in [3.05, 3.63) is 11.8 Å². The smallest absolute Gasteiger partial charge is 0.370 e.